The second-order valence-electron chi connectivity index (χ2n) is 4.94. The van der Waals surface area contributed by atoms with Gasteiger partial charge in [-0.3, -0.25) is 0 Å². The highest BCUT2D eigenvalue weighted by atomic mass is 14.9. The molecule has 1 aromatic carbocycles. The van der Waals surface area contributed by atoms with Crippen LogP contribution in [-0.2, 0) is 13.1 Å². The topological polar surface area (TPSA) is 17.0 Å². The minimum Gasteiger partial charge on any atom is -0.347 e. The average Bonchev–Trinajstić information content (AvgIpc) is 2.70. The van der Waals surface area contributed by atoms with Crippen molar-refractivity contribution in [1.82, 2.24) is 9.88 Å². The summed E-state index contributed by atoms with van der Waals surface area (Å²) in [4.78, 5) is 0. The maximum absolute atomic E-state index is 3.46. The van der Waals surface area contributed by atoms with E-state index in [0.29, 0.717) is 6.04 Å². The lowest BCUT2D eigenvalue weighted by Crippen LogP contribution is -2.21. The van der Waals surface area contributed by atoms with Gasteiger partial charge in [0, 0.05) is 30.8 Å². The average molecular weight is 230 g/mol. The van der Waals surface area contributed by atoms with Crippen LogP contribution in [0.3, 0.4) is 0 Å². The van der Waals surface area contributed by atoms with Crippen LogP contribution in [0.15, 0.2) is 30.5 Å². The molecule has 0 aliphatic heterocycles. The molecule has 0 unspecified atom stereocenters. The molecule has 2 nitrogen and oxygen atoms in total. The number of aromatic nitrogens is 1. The van der Waals surface area contributed by atoms with E-state index in [0.717, 1.165) is 13.1 Å². The maximum Gasteiger partial charge on any atom is 0.0483 e. The summed E-state index contributed by atoms with van der Waals surface area (Å²) in [6.45, 7) is 8.63. The van der Waals surface area contributed by atoms with Crippen LogP contribution in [0.4, 0.5) is 0 Å². The lowest BCUT2D eigenvalue weighted by atomic mass is 10.1. The molecule has 2 aromatic rings. The highest BCUT2D eigenvalue weighted by Crippen LogP contribution is 2.18. The van der Waals surface area contributed by atoms with E-state index < -0.39 is 0 Å². The van der Waals surface area contributed by atoms with Gasteiger partial charge in [-0.25, -0.2) is 0 Å². The zero-order valence-electron chi connectivity index (χ0n) is 11.0. The Morgan fingerprint density at radius 2 is 2.06 bits per heavy atom. The molecular formula is C15H22N2. The van der Waals surface area contributed by atoms with Crippen LogP contribution >= 0.6 is 0 Å². The Hall–Kier alpha value is -1.28. The molecule has 0 bridgehead atoms. The molecule has 0 amide bonds. The van der Waals surface area contributed by atoms with E-state index in [4.69, 9.17) is 0 Å². The van der Waals surface area contributed by atoms with Gasteiger partial charge >= 0.3 is 0 Å². The molecular weight excluding hydrogens is 208 g/mol. The van der Waals surface area contributed by atoms with Crippen molar-refractivity contribution in [3.8, 4) is 0 Å². The standard InChI is InChI=1S/C15H22N2/c1-4-8-17-9-7-14-6-5-13(10-15(14)17)11-16-12(2)3/h5-7,9-10,12,16H,4,8,11H2,1-3H3. The van der Waals surface area contributed by atoms with E-state index in [9.17, 15) is 0 Å². The smallest absolute Gasteiger partial charge is 0.0483 e. The second-order valence-corrected chi connectivity index (χ2v) is 4.94. The third kappa shape index (κ3) is 2.89. The van der Waals surface area contributed by atoms with Crippen LogP contribution in [0, 0.1) is 0 Å². The summed E-state index contributed by atoms with van der Waals surface area (Å²) in [6.07, 6.45) is 3.37. The first-order chi connectivity index (χ1) is 8.20. The molecule has 0 atom stereocenters. The summed E-state index contributed by atoms with van der Waals surface area (Å²) in [5, 5.41) is 4.80. The Kier molecular flexibility index (Phi) is 3.85. The summed E-state index contributed by atoms with van der Waals surface area (Å²) in [6, 6.07) is 9.48. The highest BCUT2D eigenvalue weighted by Gasteiger charge is 2.02. The van der Waals surface area contributed by atoms with Crippen LogP contribution in [0.5, 0.6) is 0 Å². The number of benzene rings is 1. The quantitative estimate of drug-likeness (QED) is 0.831. The minimum atomic E-state index is 0.535. The molecule has 0 saturated carbocycles. The summed E-state index contributed by atoms with van der Waals surface area (Å²) < 4.78 is 2.34. The van der Waals surface area contributed by atoms with Crippen LogP contribution in [0.25, 0.3) is 10.9 Å². The second kappa shape index (κ2) is 5.37. The number of nitrogens with zero attached hydrogens (tertiary/aromatic N) is 1. The van der Waals surface area contributed by atoms with Crippen molar-refractivity contribution < 1.29 is 0 Å². The molecule has 0 aliphatic carbocycles. The van der Waals surface area contributed by atoms with Crippen LogP contribution in [0.1, 0.15) is 32.8 Å². The van der Waals surface area contributed by atoms with Gasteiger partial charge in [0.05, 0.1) is 0 Å². The number of fused-ring (bicyclic) bond motifs is 1. The fourth-order valence-corrected chi connectivity index (χ4v) is 2.10. The molecule has 1 N–H and O–H groups in total. The zero-order valence-corrected chi connectivity index (χ0v) is 11.0. The van der Waals surface area contributed by atoms with E-state index in [1.807, 2.05) is 0 Å². The Labute approximate surface area is 104 Å². The highest BCUT2D eigenvalue weighted by molar-refractivity contribution is 5.80. The van der Waals surface area contributed by atoms with Crippen molar-refractivity contribution in [2.45, 2.75) is 46.3 Å². The molecule has 0 radical (unpaired) electrons. The van der Waals surface area contributed by atoms with E-state index in [-0.39, 0.29) is 0 Å². The predicted octanol–water partition coefficient (Wildman–Crippen LogP) is 3.55. The van der Waals surface area contributed by atoms with Crippen molar-refractivity contribution in [3.63, 3.8) is 0 Å². The van der Waals surface area contributed by atoms with E-state index in [2.05, 4.69) is 61.1 Å². The first-order valence-electron chi connectivity index (χ1n) is 6.52. The molecule has 2 heteroatoms. The first-order valence-corrected chi connectivity index (χ1v) is 6.52. The van der Waals surface area contributed by atoms with Crippen molar-refractivity contribution in [3.05, 3.63) is 36.0 Å². The van der Waals surface area contributed by atoms with E-state index in [1.165, 1.54) is 22.9 Å². The zero-order chi connectivity index (χ0) is 12.3. The van der Waals surface area contributed by atoms with Crippen molar-refractivity contribution in [2.24, 2.45) is 0 Å². The van der Waals surface area contributed by atoms with Crippen LogP contribution < -0.4 is 5.32 Å². The Bertz CT molecular complexity index is 483. The van der Waals surface area contributed by atoms with Gasteiger partial charge in [-0.05, 0) is 29.5 Å². The molecule has 0 fully saturated rings. The van der Waals surface area contributed by atoms with Crippen LogP contribution in [0.2, 0.25) is 0 Å². The molecule has 1 heterocycles. The SMILES string of the molecule is CCCn1ccc2ccc(CNC(C)C)cc21. The molecule has 2 rings (SSSR count). The van der Waals surface area contributed by atoms with Crippen molar-refractivity contribution >= 4 is 10.9 Å². The number of hydrogen-bond acceptors (Lipinski definition) is 1. The number of rotatable bonds is 5. The normalized spacial score (nSPS) is 11.5. The minimum absolute atomic E-state index is 0.535. The van der Waals surface area contributed by atoms with Crippen molar-refractivity contribution in [2.75, 3.05) is 0 Å². The lowest BCUT2D eigenvalue weighted by Gasteiger charge is -2.09. The van der Waals surface area contributed by atoms with Gasteiger partial charge in [0.25, 0.3) is 0 Å². The van der Waals surface area contributed by atoms with Crippen molar-refractivity contribution in [1.29, 1.82) is 0 Å². The first kappa shape index (κ1) is 12.2. The summed E-state index contributed by atoms with van der Waals surface area (Å²) in [5.74, 6) is 0. The van der Waals surface area contributed by atoms with Gasteiger partial charge in [-0.15, -0.1) is 0 Å². The lowest BCUT2D eigenvalue weighted by molar-refractivity contribution is 0.589. The van der Waals surface area contributed by atoms with Gasteiger partial charge in [0.2, 0.25) is 0 Å². The van der Waals surface area contributed by atoms with E-state index in [1.54, 1.807) is 0 Å². The van der Waals surface area contributed by atoms with Crippen LogP contribution in [-0.4, -0.2) is 10.6 Å². The Morgan fingerprint density at radius 1 is 1.24 bits per heavy atom. The van der Waals surface area contributed by atoms with Gasteiger partial charge in [-0.2, -0.15) is 0 Å². The maximum atomic E-state index is 3.46. The molecule has 1 aromatic heterocycles. The molecule has 0 saturated heterocycles. The largest absolute Gasteiger partial charge is 0.347 e. The number of nitrogens with one attached hydrogen (secondary N) is 1. The summed E-state index contributed by atoms with van der Waals surface area (Å²) in [7, 11) is 0. The molecule has 17 heavy (non-hydrogen) atoms. The van der Waals surface area contributed by atoms with E-state index >= 15 is 0 Å². The third-order valence-electron chi connectivity index (χ3n) is 3.02. The van der Waals surface area contributed by atoms with Gasteiger partial charge in [0.15, 0.2) is 0 Å². The number of aryl methyl sites for hydroxylation is 1. The third-order valence-corrected chi connectivity index (χ3v) is 3.02. The summed E-state index contributed by atoms with van der Waals surface area (Å²) >= 11 is 0. The monoisotopic (exact) mass is 230 g/mol. The number of hydrogen-bond donors (Lipinski definition) is 1. The molecule has 0 spiro atoms. The molecule has 0 aliphatic rings. The fourth-order valence-electron chi connectivity index (χ4n) is 2.10. The fraction of sp³-hybridized carbons (Fsp3) is 0.467. The molecule has 92 valence electrons. The van der Waals surface area contributed by atoms with Gasteiger partial charge in [-0.1, -0.05) is 32.9 Å². The van der Waals surface area contributed by atoms with Gasteiger partial charge < -0.3 is 9.88 Å². The summed E-state index contributed by atoms with van der Waals surface area (Å²) in [5.41, 5.74) is 2.72. The Balaban J connectivity index is 2.24. The van der Waals surface area contributed by atoms with Gasteiger partial charge in [0.1, 0.15) is 0 Å². The Morgan fingerprint density at radius 3 is 2.76 bits per heavy atom. The predicted molar refractivity (Wildman–Crippen MR) is 74.2 cm³/mol.